The van der Waals surface area contributed by atoms with Gasteiger partial charge >= 0.3 is 0 Å². The Hall–Kier alpha value is -0.870. The maximum Gasteiger partial charge on any atom is 0.236 e. The Kier molecular flexibility index (Phi) is 4.18. The monoisotopic (exact) mass is 252 g/mol. The van der Waals surface area contributed by atoms with E-state index in [-0.39, 0.29) is 5.91 Å². The van der Waals surface area contributed by atoms with Gasteiger partial charge in [-0.25, -0.2) is 0 Å². The second-order valence-corrected chi connectivity index (χ2v) is 5.75. The lowest BCUT2D eigenvalue weighted by Gasteiger charge is -2.14. The normalized spacial score (nSPS) is 13.8. The molecular weight excluding hydrogens is 232 g/mol. The van der Waals surface area contributed by atoms with Crippen LogP contribution in [0.2, 0.25) is 0 Å². The third-order valence-electron chi connectivity index (χ3n) is 3.27. The molecule has 0 fully saturated rings. The van der Waals surface area contributed by atoms with Gasteiger partial charge in [-0.15, -0.1) is 11.3 Å². The van der Waals surface area contributed by atoms with Crippen molar-refractivity contribution in [3.63, 3.8) is 0 Å². The molecule has 94 valence electrons. The van der Waals surface area contributed by atoms with Crippen LogP contribution in [0.15, 0.2) is 6.07 Å². The third-order valence-corrected chi connectivity index (χ3v) is 4.51. The summed E-state index contributed by atoms with van der Waals surface area (Å²) in [6.07, 6.45) is 3.80. The molecule has 0 bridgehead atoms. The zero-order chi connectivity index (χ0) is 12.3. The molecule has 1 heterocycles. The van der Waals surface area contributed by atoms with Crippen LogP contribution in [-0.4, -0.2) is 30.9 Å². The molecule has 0 spiro atoms. The van der Waals surface area contributed by atoms with Crippen LogP contribution in [0.4, 0.5) is 0 Å². The number of fused-ring (bicyclic) bond motifs is 1. The van der Waals surface area contributed by atoms with Crippen LogP contribution >= 0.6 is 11.3 Å². The number of nitrogens with one attached hydrogen (secondary N) is 1. The van der Waals surface area contributed by atoms with Crippen molar-refractivity contribution in [2.24, 2.45) is 0 Å². The van der Waals surface area contributed by atoms with Crippen molar-refractivity contribution in [1.29, 1.82) is 0 Å². The number of thiophene rings is 1. The van der Waals surface area contributed by atoms with Gasteiger partial charge in [0.25, 0.3) is 0 Å². The van der Waals surface area contributed by atoms with Gasteiger partial charge in [0.1, 0.15) is 0 Å². The van der Waals surface area contributed by atoms with E-state index in [2.05, 4.69) is 11.4 Å². The van der Waals surface area contributed by atoms with E-state index in [0.717, 1.165) is 13.1 Å². The fourth-order valence-electron chi connectivity index (χ4n) is 2.08. The van der Waals surface area contributed by atoms with Crippen molar-refractivity contribution in [1.82, 2.24) is 10.2 Å². The summed E-state index contributed by atoms with van der Waals surface area (Å²) in [5.41, 5.74) is 1.53. The molecule has 1 aromatic heterocycles. The number of carbonyl (C=O) groups excluding carboxylic acids is 1. The number of hydrogen-bond donors (Lipinski definition) is 1. The summed E-state index contributed by atoms with van der Waals surface area (Å²) >= 11 is 1.90. The fraction of sp³-hybridized carbons (Fsp3) is 0.615. The lowest BCUT2D eigenvalue weighted by molar-refractivity contribution is -0.128. The van der Waals surface area contributed by atoms with Crippen molar-refractivity contribution in [3.05, 3.63) is 21.4 Å². The van der Waals surface area contributed by atoms with Crippen LogP contribution in [0.25, 0.3) is 0 Å². The van der Waals surface area contributed by atoms with Crippen molar-refractivity contribution >= 4 is 17.2 Å². The van der Waals surface area contributed by atoms with E-state index < -0.39 is 0 Å². The maximum absolute atomic E-state index is 11.6. The second-order valence-electron chi connectivity index (χ2n) is 4.53. The molecule has 1 aliphatic carbocycles. The highest BCUT2D eigenvalue weighted by Crippen LogP contribution is 2.30. The molecule has 0 aromatic carbocycles. The number of likely N-dealkylation sites (N-methyl/N-ethyl adjacent to an activating group) is 1. The van der Waals surface area contributed by atoms with Gasteiger partial charge < -0.3 is 10.2 Å². The van der Waals surface area contributed by atoms with Crippen LogP contribution in [0.3, 0.4) is 0 Å². The lowest BCUT2D eigenvalue weighted by Crippen LogP contribution is -2.34. The topological polar surface area (TPSA) is 32.3 Å². The van der Waals surface area contributed by atoms with Gasteiger partial charge in [0.2, 0.25) is 5.91 Å². The molecule has 3 nitrogen and oxygen atoms in total. The molecule has 0 atom stereocenters. The summed E-state index contributed by atoms with van der Waals surface area (Å²) in [6, 6.07) is 2.30. The second kappa shape index (κ2) is 5.65. The number of amides is 1. The number of rotatable bonds is 5. The van der Waals surface area contributed by atoms with Crippen molar-refractivity contribution in [2.75, 3.05) is 20.1 Å². The summed E-state index contributed by atoms with van der Waals surface area (Å²) in [5.74, 6) is 0.164. The Labute approximate surface area is 107 Å². The predicted molar refractivity (Wildman–Crippen MR) is 71.4 cm³/mol. The molecule has 0 saturated heterocycles. The summed E-state index contributed by atoms with van der Waals surface area (Å²) in [5, 5.41) is 3.22. The van der Waals surface area contributed by atoms with Gasteiger partial charge in [-0.05, 0) is 37.8 Å². The average molecular weight is 252 g/mol. The zero-order valence-electron chi connectivity index (χ0n) is 10.6. The quantitative estimate of drug-likeness (QED) is 0.867. The smallest absolute Gasteiger partial charge is 0.236 e. The summed E-state index contributed by atoms with van der Waals surface area (Å²) < 4.78 is 0. The first-order chi connectivity index (χ1) is 8.20. The van der Waals surface area contributed by atoms with Gasteiger partial charge in [0, 0.05) is 29.9 Å². The number of nitrogens with zero attached hydrogens (tertiary/aromatic N) is 1. The highest BCUT2D eigenvalue weighted by atomic mass is 32.1. The number of aryl methyl sites for hydroxylation is 2. The van der Waals surface area contributed by atoms with Gasteiger partial charge in [-0.3, -0.25) is 4.79 Å². The molecule has 0 aliphatic heterocycles. The molecule has 1 N–H and O–H groups in total. The molecule has 0 saturated carbocycles. The van der Waals surface area contributed by atoms with Crippen LogP contribution < -0.4 is 5.32 Å². The SMILES string of the molecule is CCN(C)C(=O)CNCc1cc2c(s1)CCC2. The fourth-order valence-corrected chi connectivity index (χ4v) is 3.31. The first-order valence-electron chi connectivity index (χ1n) is 6.26. The first kappa shape index (κ1) is 12.6. The van der Waals surface area contributed by atoms with Crippen molar-refractivity contribution in [2.45, 2.75) is 32.7 Å². The number of carbonyl (C=O) groups is 1. The van der Waals surface area contributed by atoms with E-state index in [1.165, 1.54) is 29.7 Å². The van der Waals surface area contributed by atoms with E-state index in [1.54, 1.807) is 9.78 Å². The minimum atomic E-state index is 0.164. The van der Waals surface area contributed by atoms with E-state index in [0.29, 0.717) is 6.54 Å². The Bertz CT molecular complexity index is 379. The van der Waals surface area contributed by atoms with E-state index in [1.807, 2.05) is 25.3 Å². The molecule has 4 heteroatoms. The van der Waals surface area contributed by atoms with Crippen LogP contribution in [-0.2, 0) is 24.2 Å². The minimum absolute atomic E-state index is 0.164. The van der Waals surface area contributed by atoms with Crippen molar-refractivity contribution in [3.8, 4) is 0 Å². The predicted octanol–water partition coefficient (Wildman–Crippen LogP) is 1.80. The van der Waals surface area contributed by atoms with Crippen LogP contribution in [0.1, 0.15) is 28.7 Å². The van der Waals surface area contributed by atoms with Crippen LogP contribution in [0.5, 0.6) is 0 Å². The van der Waals surface area contributed by atoms with Gasteiger partial charge in [0.05, 0.1) is 6.54 Å². The molecule has 1 aromatic rings. The van der Waals surface area contributed by atoms with Crippen molar-refractivity contribution < 1.29 is 4.79 Å². The number of hydrogen-bond acceptors (Lipinski definition) is 3. The highest BCUT2D eigenvalue weighted by molar-refractivity contribution is 7.12. The van der Waals surface area contributed by atoms with E-state index in [9.17, 15) is 4.79 Å². The summed E-state index contributed by atoms with van der Waals surface area (Å²) in [6.45, 7) is 4.02. The average Bonchev–Trinajstić information content (AvgIpc) is 2.88. The minimum Gasteiger partial charge on any atom is -0.345 e. The molecule has 1 aliphatic rings. The van der Waals surface area contributed by atoms with Crippen LogP contribution in [0, 0.1) is 0 Å². The van der Waals surface area contributed by atoms with Gasteiger partial charge in [-0.1, -0.05) is 0 Å². The molecule has 17 heavy (non-hydrogen) atoms. The highest BCUT2D eigenvalue weighted by Gasteiger charge is 2.14. The maximum atomic E-state index is 11.6. The molecular formula is C13H20N2OS. The van der Waals surface area contributed by atoms with E-state index >= 15 is 0 Å². The van der Waals surface area contributed by atoms with Gasteiger partial charge in [-0.2, -0.15) is 0 Å². The largest absolute Gasteiger partial charge is 0.345 e. The summed E-state index contributed by atoms with van der Waals surface area (Å²) in [7, 11) is 1.84. The Morgan fingerprint density at radius 3 is 3.06 bits per heavy atom. The van der Waals surface area contributed by atoms with Gasteiger partial charge in [0.15, 0.2) is 0 Å². The lowest BCUT2D eigenvalue weighted by atomic mass is 10.2. The molecule has 1 amide bonds. The molecule has 0 radical (unpaired) electrons. The van der Waals surface area contributed by atoms with E-state index in [4.69, 9.17) is 0 Å². The standard InChI is InChI=1S/C13H20N2OS/c1-3-15(2)13(16)9-14-8-11-7-10-5-4-6-12(10)17-11/h7,14H,3-6,8-9H2,1-2H3. The Balaban J connectivity index is 1.76. The molecule has 2 rings (SSSR count). The zero-order valence-corrected chi connectivity index (χ0v) is 11.4. The summed E-state index contributed by atoms with van der Waals surface area (Å²) in [4.78, 5) is 16.2. The molecule has 0 unspecified atom stereocenters. The third kappa shape index (κ3) is 3.07. The Morgan fingerprint density at radius 2 is 2.35 bits per heavy atom. The first-order valence-corrected chi connectivity index (χ1v) is 7.07. The Morgan fingerprint density at radius 1 is 1.53 bits per heavy atom.